The molecule has 2 heterocycles. The average Bonchev–Trinajstić information content (AvgIpc) is 3.03. The number of nitrogens with one attached hydrogen (secondary N) is 1. The Balaban J connectivity index is 1.81. The molecule has 0 aliphatic carbocycles. The lowest BCUT2D eigenvalue weighted by atomic mass is 9.94. The molecule has 0 saturated heterocycles. The quantitative estimate of drug-likeness (QED) is 0.837. The van der Waals surface area contributed by atoms with Gasteiger partial charge >= 0.3 is 0 Å². The summed E-state index contributed by atoms with van der Waals surface area (Å²) in [5.74, 6) is 0.0705. The molecule has 0 radical (unpaired) electrons. The Bertz CT molecular complexity index is 1070. The van der Waals surface area contributed by atoms with Gasteiger partial charge in [0.25, 0.3) is 5.91 Å². The zero-order chi connectivity index (χ0) is 19.7. The largest absolute Gasteiger partial charge is 0.383 e. The van der Waals surface area contributed by atoms with E-state index in [1.165, 1.54) is 11.8 Å². The Morgan fingerprint density at radius 1 is 1.18 bits per heavy atom. The van der Waals surface area contributed by atoms with Gasteiger partial charge in [0, 0.05) is 5.69 Å². The predicted molar refractivity (Wildman–Crippen MR) is 111 cm³/mol. The molecule has 6 nitrogen and oxygen atoms in total. The number of nitrogens with zero attached hydrogens (tertiary/aromatic N) is 3. The smallest absolute Gasteiger partial charge is 0.255 e. The number of nitriles is 1. The van der Waals surface area contributed by atoms with Crippen molar-refractivity contribution in [1.82, 2.24) is 4.90 Å². The Labute approximate surface area is 167 Å². The molecule has 7 heteroatoms. The number of para-hydroxylation sites is 1. The first-order valence-corrected chi connectivity index (χ1v) is 9.49. The number of aliphatic imine (C=N–C) groups is 1. The minimum absolute atomic E-state index is 0.247. The van der Waals surface area contributed by atoms with Crippen molar-refractivity contribution in [3.05, 3.63) is 88.2 Å². The van der Waals surface area contributed by atoms with Crippen LogP contribution in [0.4, 0.5) is 5.69 Å². The molecule has 0 unspecified atom stereocenters. The number of carbonyl (C=O) groups is 1. The third kappa shape index (κ3) is 3.04. The Hall–Kier alpha value is -3.50. The molecule has 3 N–H and O–H groups in total. The van der Waals surface area contributed by atoms with Crippen molar-refractivity contribution in [3.63, 3.8) is 0 Å². The number of rotatable bonds is 3. The van der Waals surface area contributed by atoms with Crippen LogP contribution in [-0.4, -0.2) is 16.0 Å². The molecular formula is C21H17N5OS. The van der Waals surface area contributed by atoms with Gasteiger partial charge in [-0.2, -0.15) is 5.26 Å². The van der Waals surface area contributed by atoms with Crippen LogP contribution in [0.5, 0.6) is 0 Å². The van der Waals surface area contributed by atoms with Gasteiger partial charge in [0.05, 0.1) is 17.3 Å². The van der Waals surface area contributed by atoms with Gasteiger partial charge in [-0.05, 0) is 36.4 Å². The SMILES string of the molecule is CC1=C(C(=O)Nc2ccccc2)[C@@H](c2ccccc2)N2C(=N1)SC(C#N)=C2N. The van der Waals surface area contributed by atoms with E-state index in [2.05, 4.69) is 16.4 Å². The van der Waals surface area contributed by atoms with Crippen molar-refractivity contribution < 1.29 is 4.79 Å². The average molecular weight is 387 g/mol. The Kier molecular flexibility index (Phi) is 4.63. The van der Waals surface area contributed by atoms with Crippen LogP contribution in [0, 0.1) is 11.3 Å². The summed E-state index contributed by atoms with van der Waals surface area (Å²) in [6.07, 6.45) is 0. The molecule has 0 saturated carbocycles. The fourth-order valence-electron chi connectivity index (χ4n) is 3.30. The minimum Gasteiger partial charge on any atom is -0.383 e. The highest BCUT2D eigenvalue weighted by molar-refractivity contribution is 8.17. The number of carbonyl (C=O) groups excluding carboxylic acids is 1. The number of amidine groups is 1. The molecule has 2 aliphatic heterocycles. The Morgan fingerprint density at radius 2 is 1.82 bits per heavy atom. The van der Waals surface area contributed by atoms with Crippen molar-refractivity contribution in [2.75, 3.05) is 5.32 Å². The summed E-state index contributed by atoms with van der Waals surface area (Å²) in [6, 6.07) is 20.6. The fraction of sp³-hybridized carbons (Fsp3) is 0.0952. The molecular weight excluding hydrogens is 370 g/mol. The van der Waals surface area contributed by atoms with Crippen molar-refractivity contribution in [1.29, 1.82) is 5.26 Å². The number of nitrogens with two attached hydrogens (primary N) is 1. The zero-order valence-corrected chi connectivity index (χ0v) is 15.9. The van der Waals surface area contributed by atoms with Crippen LogP contribution in [0.1, 0.15) is 18.5 Å². The number of thioether (sulfide) groups is 1. The van der Waals surface area contributed by atoms with Gasteiger partial charge in [-0.15, -0.1) is 0 Å². The molecule has 2 aliphatic rings. The summed E-state index contributed by atoms with van der Waals surface area (Å²) in [7, 11) is 0. The van der Waals surface area contributed by atoms with Gasteiger partial charge in [-0.3, -0.25) is 9.69 Å². The van der Waals surface area contributed by atoms with Crippen LogP contribution in [-0.2, 0) is 4.79 Å². The summed E-state index contributed by atoms with van der Waals surface area (Å²) < 4.78 is 0. The van der Waals surface area contributed by atoms with Gasteiger partial charge in [0.1, 0.15) is 16.8 Å². The highest BCUT2D eigenvalue weighted by Gasteiger charge is 2.42. The normalized spacial score (nSPS) is 18.5. The van der Waals surface area contributed by atoms with Gasteiger partial charge in [0.15, 0.2) is 5.17 Å². The predicted octanol–water partition coefficient (Wildman–Crippen LogP) is 3.71. The molecule has 0 spiro atoms. The second kappa shape index (κ2) is 7.25. The second-order valence-corrected chi connectivity index (χ2v) is 7.30. The molecule has 2 aromatic rings. The highest BCUT2D eigenvalue weighted by Crippen LogP contribution is 2.45. The molecule has 2 aromatic carbocycles. The molecule has 1 amide bonds. The first-order valence-electron chi connectivity index (χ1n) is 8.68. The van der Waals surface area contributed by atoms with Gasteiger partial charge < -0.3 is 11.1 Å². The molecule has 4 rings (SSSR count). The van der Waals surface area contributed by atoms with Crippen molar-refractivity contribution in [2.24, 2.45) is 10.7 Å². The number of anilines is 1. The van der Waals surface area contributed by atoms with E-state index < -0.39 is 6.04 Å². The second-order valence-electron chi connectivity index (χ2n) is 6.33. The zero-order valence-electron chi connectivity index (χ0n) is 15.1. The topological polar surface area (TPSA) is 94.5 Å². The van der Waals surface area contributed by atoms with E-state index in [1.54, 1.807) is 11.8 Å². The molecule has 0 aromatic heterocycles. The van der Waals surface area contributed by atoms with Crippen LogP contribution in [0.25, 0.3) is 0 Å². The summed E-state index contributed by atoms with van der Waals surface area (Å²) >= 11 is 1.23. The maximum Gasteiger partial charge on any atom is 0.255 e. The van der Waals surface area contributed by atoms with E-state index in [4.69, 9.17) is 5.73 Å². The van der Waals surface area contributed by atoms with E-state index in [1.807, 2.05) is 60.7 Å². The number of hydrogen-bond acceptors (Lipinski definition) is 6. The third-order valence-corrected chi connectivity index (χ3v) is 5.54. The lowest BCUT2D eigenvalue weighted by Gasteiger charge is -2.35. The minimum atomic E-state index is -0.462. The number of benzene rings is 2. The Morgan fingerprint density at radius 3 is 2.46 bits per heavy atom. The first kappa shape index (κ1) is 17.9. The summed E-state index contributed by atoms with van der Waals surface area (Å²) in [6.45, 7) is 1.81. The van der Waals surface area contributed by atoms with Crippen molar-refractivity contribution in [3.8, 4) is 6.07 Å². The van der Waals surface area contributed by atoms with Crippen molar-refractivity contribution in [2.45, 2.75) is 13.0 Å². The van der Waals surface area contributed by atoms with Crippen LogP contribution >= 0.6 is 11.8 Å². The number of allylic oxidation sites excluding steroid dienone is 2. The van der Waals surface area contributed by atoms with Crippen LogP contribution in [0.15, 0.2) is 87.7 Å². The molecule has 0 bridgehead atoms. The van der Waals surface area contributed by atoms with Crippen molar-refractivity contribution >= 4 is 28.5 Å². The standard InChI is InChI=1S/C21H17N5OS/c1-13-17(20(27)25-15-10-6-3-7-11-15)18(14-8-4-2-5-9-14)26-19(23)16(12-22)28-21(26)24-13/h2-11,18H,23H2,1H3,(H,25,27)/t18-/m1/s1. The summed E-state index contributed by atoms with van der Waals surface area (Å²) in [4.78, 5) is 19.9. The lowest BCUT2D eigenvalue weighted by molar-refractivity contribution is -0.113. The van der Waals surface area contributed by atoms with Crippen LogP contribution in [0.2, 0.25) is 0 Å². The molecule has 1 atom stereocenters. The van der Waals surface area contributed by atoms with E-state index in [0.29, 0.717) is 32.9 Å². The first-order chi connectivity index (χ1) is 13.6. The maximum absolute atomic E-state index is 13.2. The lowest BCUT2D eigenvalue weighted by Crippen LogP contribution is -2.39. The summed E-state index contributed by atoms with van der Waals surface area (Å²) in [5, 5.41) is 12.9. The molecule has 138 valence electrons. The number of fused-ring (bicyclic) bond motifs is 1. The maximum atomic E-state index is 13.2. The monoisotopic (exact) mass is 387 g/mol. The number of amides is 1. The van der Waals surface area contributed by atoms with Gasteiger partial charge in [0.2, 0.25) is 0 Å². The highest BCUT2D eigenvalue weighted by atomic mass is 32.2. The van der Waals surface area contributed by atoms with E-state index in [0.717, 1.165) is 5.56 Å². The third-order valence-electron chi connectivity index (χ3n) is 4.57. The van der Waals surface area contributed by atoms with E-state index >= 15 is 0 Å². The molecule has 0 fully saturated rings. The van der Waals surface area contributed by atoms with Crippen LogP contribution in [0.3, 0.4) is 0 Å². The molecule has 28 heavy (non-hydrogen) atoms. The number of hydrogen-bond donors (Lipinski definition) is 2. The van der Waals surface area contributed by atoms with Gasteiger partial charge in [-0.1, -0.05) is 48.5 Å². The van der Waals surface area contributed by atoms with Crippen LogP contribution < -0.4 is 11.1 Å². The summed E-state index contributed by atoms with van der Waals surface area (Å²) in [5.41, 5.74) is 8.96. The van der Waals surface area contributed by atoms with E-state index in [9.17, 15) is 10.1 Å². The van der Waals surface area contributed by atoms with E-state index in [-0.39, 0.29) is 5.91 Å². The van der Waals surface area contributed by atoms with Gasteiger partial charge in [-0.25, -0.2) is 4.99 Å². The fourth-order valence-corrected chi connectivity index (χ4v) is 4.22.